The fraction of sp³-hybridized carbons (Fsp3) is 0.240. The average Bonchev–Trinajstić information content (AvgIpc) is 3.13. The molecule has 0 saturated heterocycles. The van der Waals surface area contributed by atoms with E-state index < -0.39 is 24.2 Å². The number of fused-ring (bicyclic) bond motifs is 1. The van der Waals surface area contributed by atoms with E-state index in [1.807, 2.05) is 0 Å². The molecule has 1 aliphatic rings. The Morgan fingerprint density at radius 3 is 2.58 bits per heavy atom. The number of nitrogens with zero attached hydrogens (tertiary/aromatic N) is 2. The normalized spacial score (nSPS) is 15.5. The summed E-state index contributed by atoms with van der Waals surface area (Å²) in [7, 11) is 1.32. The first-order chi connectivity index (χ1) is 17.2. The third kappa shape index (κ3) is 4.87. The van der Waals surface area contributed by atoms with Gasteiger partial charge in [0.15, 0.2) is 16.3 Å². The van der Waals surface area contributed by atoms with Crippen LogP contribution in [0.1, 0.15) is 31.0 Å². The van der Waals surface area contributed by atoms with Gasteiger partial charge >= 0.3 is 12.6 Å². The number of aromatic hydroxyl groups is 1. The van der Waals surface area contributed by atoms with Crippen LogP contribution in [0.3, 0.4) is 0 Å². The van der Waals surface area contributed by atoms with Crippen LogP contribution >= 0.6 is 11.3 Å². The summed E-state index contributed by atoms with van der Waals surface area (Å²) in [5.74, 6) is -0.601. The number of aromatic nitrogens is 1. The van der Waals surface area contributed by atoms with Gasteiger partial charge in [-0.15, -0.1) is 0 Å². The Morgan fingerprint density at radius 1 is 1.22 bits per heavy atom. The third-order valence-electron chi connectivity index (χ3n) is 5.43. The Morgan fingerprint density at radius 2 is 1.94 bits per heavy atom. The SMILES string of the molecule is CCOC(=O)C1=C(C)N=c2s/c(=C/c3ccc(OC(F)F)c(OC)c3)c(=O)n2[C@H]1c1ccc(O)cc1. The zero-order valence-electron chi connectivity index (χ0n) is 19.5. The van der Waals surface area contributed by atoms with Crippen LogP contribution in [0.25, 0.3) is 6.08 Å². The maximum absolute atomic E-state index is 13.6. The number of thiazole rings is 1. The molecule has 1 atom stereocenters. The molecule has 0 bridgehead atoms. The van der Waals surface area contributed by atoms with Crippen molar-refractivity contribution in [3.8, 4) is 17.2 Å². The van der Waals surface area contributed by atoms with E-state index in [2.05, 4.69) is 9.73 Å². The van der Waals surface area contributed by atoms with E-state index in [4.69, 9.17) is 9.47 Å². The van der Waals surface area contributed by atoms with E-state index >= 15 is 0 Å². The molecule has 11 heteroatoms. The summed E-state index contributed by atoms with van der Waals surface area (Å²) in [4.78, 5) is 31.3. The van der Waals surface area contributed by atoms with E-state index in [0.717, 1.165) is 11.3 Å². The quantitative estimate of drug-likeness (QED) is 0.485. The van der Waals surface area contributed by atoms with Crippen molar-refractivity contribution < 1.29 is 32.9 Å². The molecule has 3 aromatic rings. The largest absolute Gasteiger partial charge is 0.508 e. The number of esters is 1. The van der Waals surface area contributed by atoms with Crippen LogP contribution in [-0.4, -0.2) is 36.0 Å². The minimum absolute atomic E-state index is 0.0396. The Kier molecular flexibility index (Phi) is 7.20. The number of benzene rings is 2. The zero-order valence-corrected chi connectivity index (χ0v) is 20.3. The van der Waals surface area contributed by atoms with E-state index in [-0.39, 0.29) is 29.4 Å². The first-order valence-electron chi connectivity index (χ1n) is 10.8. The second-order valence-electron chi connectivity index (χ2n) is 7.68. The number of carbonyl (C=O) groups excluding carboxylic acids is 1. The molecule has 0 saturated carbocycles. The van der Waals surface area contributed by atoms with Gasteiger partial charge in [-0.2, -0.15) is 8.78 Å². The molecule has 0 aliphatic carbocycles. The van der Waals surface area contributed by atoms with Crippen molar-refractivity contribution in [2.24, 2.45) is 4.99 Å². The number of methoxy groups -OCH3 is 1. The molecule has 0 spiro atoms. The summed E-state index contributed by atoms with van der Waals surface area (Å²) >= 11 is 1.12. The highest BCUT2D eigenvalue weighted by molar-refractivity contribution is 7.07. The van der Waals surface area contributed by atoms with E-state index in [0.29, 0.717) is 26.2 Å². The smallest absolute Gasteiger partial charge is 0.387 e. The number of phenols is 1. The van der Waals surface area contributed by atoms with Crippen LogP contribution < -0.4 is 24.4 Å². The molecule has 1 N–H and O–H groups in total. The number of carbonyl (C=O) groups is 1. The number of hydrogen-bond acceptors (Lipinski definition) is 8. The summed E-state index contributed by atoms with van der Waals surface area (Å²) in [5.41, 5.74) is 1.33. The van der Waals surface area contributed by atoms with Crippen molar-refractivity contribution in [3.63, 3.8) is 0 Å². The van der Waals surface area contributed by atoms with E-state index in [1.54, 1.807) is 32.1 Å². The lowest BCUT2D eigenvalue weighted by Gasteiger charge is -2.24. The summed E-state index contributed by atoms with van der Waals surface area (Å²) in [5, 5.41) is 9.74. The van der Waals surface area contributed by atoms with Gasteiger partial charge in [0.1, 0.15) is 5.75 Å². The van der Waals surface area contributed by atoms with Gasteiger partial charge in [0, 0.05) is 0 Å². The molecule has 0 fully saturated rings. The number of halogens is 2. The van der Waals surface area contributed by atoms with Gasteiger partial charge in [-0.1, -0.05) is 29.5 Å². The second kappa shape index (κ2) is 10.3. The molecule has 1 aromatic heterocycles. The number of hydrogen-bond donors (Lipinski definition) is 1. The van der Waals surface area contributed by atoms with Crippen molar-refractivity contribution in [2.75, 3.05) is 13.7 Å². The average molecular weight is 517 g/mol. The molecular weight excluding hydrogens is 494 g/mol. The minimum Gasteiger partial charge on any atom is -0.508 e. The minimum atomic E-state index is -3.01. The number of ether oxygens (including phenoxy) is 3. The molecule has 188 valence electrons. The van der Waals surface area contributed by atoms with E-state index in [9.17, 15) is 23.5 Å². The Hall–Kier alpha value is -3.99. The molecule has 1 aliphatic heterocycles. The van der Waals surface area contributed by atoms with Gasteiger partial charge in [0.2, 0.25) is 0 Å². The van der Waals surface area contributed by atoms with Crippen molar-refractivity contribution in [2.45, 2.75) is 26.5 Å². The van der Waals surface area contributed by atoms with Crippen LogP contribution in [0.2, 0.25) is 0 Å². The molecule has 2 heterocycles. The second-order valence-corrected chi connectivity index (χ2v) is 8.69. The van der Waals surface area contributed by atoms with Gasteiger partial charge in [0.05, 0.1) is 35.6 Å². The van der Waals surface area contributed by atoms with Crippen LogP contribution in [0.15, 0.2) is 63.5 Å². The van der Waals surface area contributed by atoms with Gasteiger partial charge in [-0.3, -0.25) is 9.36 Å². The lowest BCUT2D eigenvalue weighted by molar-refractivity contribution is -0.139. The highest BCUT2D eigenvalue weighted by atomic mass is 32.1. The molecule has 36 heavy (non-hydrogen) atoms. The highest BCUT2D eigenvalue weighted by Crippen LogP contribution is 2.32. The fourth-order valence-corrected chi connectivity index (χ4v) is 4.93. The maximum atomic E-state index is 13.6. The number of allylic oxidation sites excluding steroid dienone is 1. The number of phenolic OH excluding ortho intramolecular Hbond substituents is 1. The Bertz CT molecular complexity index is 1510. The van der Waals surface area contributed by atoms with Gasteiger partial charge in [-0.25, -0.2) is 9.79 Å². The summed E-state index contributed by atoms with van der Waals surface area (Å²) in [6, 6.07) is 9.70. The monoisotopic (exact) mass is 516 g/mol. The standard InChI is InChI=1S/C25H22F2N2O6S/c1-4-34-23(32)20-13(2)28-25-29(21(20)15-6-8-16(30)9-7-15)22(31)19(36-25)12-14-5-10-17(35-24(26)27)18(11-14)33-3/h5-12,21,24,30H,4H2,1-3H3/b19-12+/t21-/m0/s1. The van der Waals surface area contributed by atoms with Crippen LogP contribution in [0, 0.1) is 0 Å². The predicted molar refractivity (Wildman–Crippen MR) is 128 cm³/mol. The Labute approximate surface area is 208 Å². The van der Waals surface area contributed by atoms with Crippen molar-refractivity contribution in [3.05, 3.63) is 84.5 Å². The van der Waals surface area contributed by atoms with Crippen LogP contribution in [0.5, 0.6) is 17.2 Å². The summed E-state index contributed by atoms with van der Waals surface area (Å²) in [6.45, 7) is 0.494. The molecule has 0 radical (unpaired) electrons. The van der Waals surface area contributed by atoms with E-state index in [1.165, 1.54) is 42.0 Å². The first kappa shape index (κ1) is 25.1. The molecule has 4 rings (SSSR count). The predicted octanol–water partition coefficient (Wildman–Crippen LogP) is 3.11. The number of alkyl halides is 2. The molecular formula is C25H22F2N2O6S. The lowest BCUT2D eigenvalue weighted by atomic mass is 9.96. The lowest BCUT2D eigenvalue weighted by Crippen LogP contribution is -2.39. The summed E-state index contributed by atoms with van der Waals surface area (Å²) in [6.07, 6.45) is 1.58. The third-order valence-corrected chi connectivity index (χ3v) is 6.41. The highest BCUT2D eigenvalue weighted by Gasteiger charge is 2.33. The maximum Gasteiger partial charge on any atom is 0.387 e. The summed E-state index contributed by atoms with van der Waals surface area (Å²) < 4.78 is 41.8. The van der Waals surface area contributed by atoms with Crippen LogP contribution in [-0.2, 0) is 9.53 Å². The number of rotatable bonds is 7. The zero-order chi connectivity index (χ0) is 26.0. The molecule has 0 amide bonds. The van der Waals surface area contributed by atoms with Crippen molar-refractivity contribution in [1.29, 1.82) is 0 Å². The topological polar surface area (TPSA) is 99.4 Å². The molecule has 0 unspecified atom stereocenters. The van der Waals surface area contributed by atoms with Crippen molar-refractivity contribution >= 4 is 23.4 Å². The van der Waals surface area contributed by atoms with Gasteiger partial charge in [-0.05, 0) is 55.3 Å². The van der Waals surface area contributed by atoms with Crippen molar-refractivity contribution in [1.82, 2.24) is 4.57 Å². The first-order valence-corrected chi connectivity index (χ1v) is 11.7. The van der Waals surface area contributed by atoms with Gasteiger partial charge in [0.25, 0.3) is 5.56 Å². The molecule has 8 nitrogen and oxygen atoms in total. The molecule has 2 aromatic carbocycles. The Balaban J connectivity index is 1.88. The fourth-order valence-electron chi connectivity index (χ4n) is 3.88. The van der Waals surface area contributed by atoms with Crippen LogP contribution in [0.4, 0.5) is 8.78 Å². The van der Waals surface area contributed by atoms with Gasteiger partial charge < -0.3 is 19.3 Å².